The Kier molecular flexibility index (Phi) is 6.02. The van der Waals surface area contributed by atoms with Crippen LogP contribution < -0.4 is 10.1 Å². The number of likely N-dealkylation sites (tertiary alicyclic amines) is 1. The molecule has 7 heteroatoms. The lowest BCUT2D eigenvalue weighted by Gasteiger charge is -2.35. The van der Waals surface area contributed by atoms with Crippen LogP contribution in [0.3, 0.4) is 0 Å². The Bertz CT molecular complexity index is 997. The molecule has 4 rings (SSSR count). The molecule has 1 aliphatic heterocycles. The standard InChI is InChI=1S/C22H25ClN4O2/c1-29-18-10-4-3-9-16(18)17(26-12-6-2-7-13-26)15-24-22(28)20-21(23)25-19-11-5-8-14-27(19)20/h3-5,8-11,14,17H,2,6-7,12-13,15H2,1H3,(H,24,28). The van der Waals surface area contributed by atoms with E-state index >= 15 is 0 Å². The van der Waals surface area contributed by atoms with Gasteiger partial charge in [0.25, 0.3) is 5.91 Å². The molecule has 1 N–H and O–H groups in total. The van der Waals surface area contributed by atoms with Crippen LogP contribution >= 0.6 is 11.6 Å². The quantitative estimate of drug-likeness (QED) is 0.665. The van der Waals surface area contributed by atoms with Crippen molar-refractivity contribution in [2.24, 2.45) is 0 Å². The first-order valence-corrected chi connectivity index (χ1v) is 10.3. The molecule has 2 aromatic heterocycles. The molecule has 1 aromatic carbocycles. The average molecular weight is 413 g/mol. The highest BCUT2D eigenvalue weighted by molar-refractivity contribution is 6.32. The second-order valence-electron chi connectivity index (χ2n) is 7.24. The lowest BCUT2D eigenvalue weighted by atomic mass is 10.0. The van der Waals surface area contributed by atoms with Crippen LogP contribution in [0.1, 0.15) is 41.4 Å². The van der Waals surface area contributed by atoms with E-state index in [1.54, 1.807) is 17.7 Å². The van der Waals surface area contributed by atoms with Gasteiger partial charge in [-0.2, -0.15) is 0 Å². The van der Waals surface area contributed by atoms with Crippen molar-refractivity contribution in [1.82, 2.24) is 19.6 Å². The Hall–Kier alpha value is -2.57. The number of benzene rings is 1. The number of halogens is 1. The van der Waals surface area contributed by atoms with Crippen molar-refractivity contribution >= 4 is 23.2 Å². The van der Waals surface area contributed by atoms with Gasteiger partial charge in [-0.1, -0.05) is 42.3 Å². The zero-order valence-corrected chi connectivity index (χ0v) is 17.2. The maximum Gasteiger partial charge on any atom is 0.271 e. The largest absolute Gasteiger partial charge is 0.496 e. The van der Waals surface area contributed by atoms with Crippen molar-refractivity contribution in [3.05, 3.63) is 65.1 Å². The van der Waals surface area contributed by atoms with Gasteiger partial charge in [-0.3, -0.25) is 14.1 Å². The van der Waals surface area contributed by atoms with E-state index in [9.17, 15) is 4.79 Å². The zero-order chi connectivity index (χ0) is 20.2. The minimum Gasteiger partial charge on any atom is -0.496 e. The van der Waals surface area contributed by atoms with Crippen LogP contribution in [0.4, 0.5) is 0 Å². The molecule has 0 saturated carbocycles. The summed E-state index contributed by atoms with van der Waals surface area (Å²) in [5, 5.41) is 3.29. The number of imidazole rings is 1. The summed E-state index contributed by atoms with van der Waals surface area (Å²) in [4.78, 5) is 19.7. The average Bonchev–Trinajstić information content (AvgIpc) is 3.10. The molecule has 1 fully saturated rings. The molecule has 0 spiro atoms. The Morgan fingerprint density at radius 2 is 1.93 bits per heavy atom. The number of carbonyl (C=O) groups excluding carboxylic acids is 1. The molecular formula is C22H25ClN4O2. The van der Waals surface area contributed by atoms with Gasteiger partial charge in [0.2, 0.25) is 0 Å². The number of pyridine rings is 1. The van der Waals surface area contributed by atoms with E-state index in [2.05, 4.69) is 21.3 Å². The van der Waals surface area contributed by atoms with Crippen molar-refractivity contribution in [3.8, 4) is 5.75 Å². The number of aromatic nitrogens is 2. The van der Waals surface area contributed by atoms with Gasteiger partial charge in [-0.25, -0.2) is 4.98 Å². The summed E-state index contributed by atoms with van der Waals surface area (Å²) >= 11 is 6.27. The highest BCUT2D eigenvalue weighted by Gasteiger charge is 2.26. The molecular weight excluding hydrogens is 388 g/mol. The summed E-state index contributed by atoms with van der Waals surface area (Å²) < 4.78 is 7.32. The number of para-hydroxylation sites is 1. The molecule has 3 aromatic rings. The van der Waals surface area contributed by atoms with E-state index < -0.39 is 0 Å². The molecule has 1 atom stereocenters. The maximum absolute atomic E-state index is 13.0. The third kappa shape index (κ3) is 4.09. The number of ether oxygens (including phenoxy) is 1. The number of carbonyl (C=O) groups is 1. The summed E-state index contributed by atoms with van der Waals surface area (Å²) in [5.41, 5.74) is 2.10. The highest BCUT2D eigenvalue weighted by atomic mass is 35.5. The highest BCUT2D eigenvalue weighted by Crippen LogP contribution is 2.31. The lowest BCUT2D eigenvalue weighted by molar-refractivity contribution is 0.0917. The van der Waals surface area contributed by atoms with E-state index in [4.69, 9.17) is 16.3 Å². The SMILES string of the molecule is COc1ccccc1C(CNC(=O)c1c(Cl)nc2ccccn12)N1CCCCC1. The number of nitrogens with zero attached hydrogens (tertiary/aromatic N) is 3. The Morgan fingerprint density at radius 1 is 1.17 bits per heavy atom. The van der Waals surface area contributed by atoms with E-state index in [0.29, 0.717) is 17.9 Å². The summed E-state index contributed by atoms with van der Waals surface area (Å²) in [5.74, 6) is 0.607. The van der Waals surface area contributed by atoms with Gasteiger partial charge in [0, 0.05) is 18.3 Å². The van der Waals surface area contributed by atoms with Crippen molar-refractivity contribution in [1.29, 1.82) is 0 Å². The van der Waals surface area contributed by atoms with Crippen LogP contribution in [0, 0.1) is 0 Å². The van der Waals surface area contributed by atoms with Crippen LogP contribution in [-0.4, -0.2) is 46.9 Å². The monoisotopic (exact) mass is 412 g/mol. The van der Waals surface area contributed by atoms with E-state index in [1.165, 1.54) is 19.3 Å². The second-order valence-corrected chi connectivity index (χ2v) is 7.60. The van der Waals surface area contributed by atoms with Crippen LogP contribution in [-0.2, 0) is 0 Å². The molecule has 0 bridgehead atoms. The predicted octanol–water partition coefficient (Wildman–Crippen LogP) is 3.95. The number of rotatable bonds is 6. The van der Waals surface area contributed by atoms with E-state index in [1.807, 2.05) is 36.4 Å². The molecule has 1 saturated heterocycles. The molecule has 0 aliphatic carbocycles. The van der Waals surface area contributed by atoms with Crippen molar-refractivity contribution in [3.63, 3.8) is 0 Å². The molecule has 152 valence electrons. The second kappa shape index (κ2) is 8.84. The third-order valence-corrected chi connectivity index (χ3v) is 5.75. The molecule has 1 aliphatic rings. The Labute approximate surface area is 175 Å². The van der Waals surface area contributed by atoms with Gasteiger partial charge in [0.1, 0.15) is 11.4 Å². The molecule has 0 radical (unpaired) electrons. The predicted molar refractivity (Wildman–Crippen MR) is 114 cm³/mol. The number of fused-ring (bicyclic) bond motifs is 1. The Balaban J connectivity index is 1.59. The molecule has 29 heavy (non-hydrogen) atoms. The van der Waals surface area contributed by atoms with Crippen LogP contribution in [0.15, 0.2) is 48.7 Å². The summed E-state index contributed by atoms with van der Waals surface area (Å²) in [7, 11) is 1.68. The smallest absolute Gasteiger partial charge is 0.271 e. The number of hydrogen-bond donors (Lipinski definition) is 1. The molecule has 1 unspecified atom stereocenters. The fourth-order valence-electron chi connectivity index (χ4n) is 4.05. The summed E-state index contributed by atoms with van der Waals surface area (Å²) in [6.07, 6.45) is 5.38. The van der Waals surface area contributed by atoms with Gasteiger partial charge in [0.05, 0.1) is 13.2 Å². The van der Waals surface area contributed by atoms with Crippen LogP contribution in [0.5, 0.6) is 5.75 Å². The number of piperidine rings is 1. The first-order chi connectivity index (χ1) is 14.2. The number of amides is 1. The third-order valence-electron chi connectivity index (χ3n) is 5.49. The minimum atomic E-state index is -0.231. The summed E-state index contributed by atoms with van der Waals surface area (Å²) in [6, 6.07) is 13.6. The normalized spacial score (nSPS) is 15.9. The topological polar surface area (TPSA) is 58.9 Å². The van der Waals surface area contributed by atoms with Gasteiger partial charge in [-0.15, -0.1) is 0 Å². The van der Waals surface area contributed by atoms with Gasteiger partial charge >= 0.3 is 0 Å². The van der Waals surface area contributed by atoms with E-state index in [0.717, 1.165) is 24.4 Å². The molecule has 6 nitrogen and oxygen atoms in total. The number of nitrogens with one attached hydrogen (secondary N) is 1. The van der Waals surface area contributed by atoms with Gasteiger partial charge in [-0.05, 0) is 44.1 Å². The van der Waals surface area contributed by atoms with Crippen LogP contribution in [0.2, 0.25) is 5.15 Å². The number of hydrogen-bond acceptors (Lipinski definition) is 4. The van der Waals surface area contributed by atoms with E-state index in [-0.39, 0.29) is 17.1 Å². The first-order valence-electron chi connectivity index (χ1n) is 9.97. The zero-order valence-electron chi connectivity index (χ0n) is 16.5. The molecule has 1 amide bonds. The first kappa shape index (κ1) is 19.7. The van der Waals surface area contributed by atoms with Crippen LogP contribution in [0.25, 0.3) is 5.65 Å². The Morgan fingerprint density at radius 3 is 2.72 bits per heavy atom. The minimum absolute atomic E-state index is 0.0355. The molecule has 3 heterocycles. The van der Waals surface area contributed by atoms with Gasteiger partial charge < -0.3 is 10.1 Å². The number of methoxy groups -OCH3 is 1. The van der Waals surface area contributed by atoms with Crippen molar-refractivity contribution in [2.75, 3.05) is 26.7 Å². The summed E-state index contributed by atoms with van der Waals surface area (Å²) in [6.45, 7) is 2.49. The van der Waals surface area contributed by atoms with Crippen molar-refractivity contribution < 1.29 is 9.53 Å². The van der Waals surface area contributed by atoms with Crippen molar-refractivity contribution in [2.45, 2.75) is 25.3 Å². The fourth-order valence-corrected chi connectivity index (χ4v) is 4.31. The van der Waals surface area contributed by atoms with Gasteiger partial charge in [0.15, 0.2) is 10.8 Å². The lowest BCUT2D eigenvalue weighted by Crippen LogP contribution is -2.41. The maximum atomic E-state index is 13.0. The fraction of sp³-hybridized carbons (Fsp3) is 0.364.